The standard InChI is InChI=1S/C12H21N5/c1-2-11(7-9-3-4-9)17-12(14-15-16-17)8-13-10-5-6-10/h9-11,13H,2-8H2,1H3. The molecule has 0 radical (unpaired) electrons. The molecule has 2 aliphatic rings. The molecule has 0 aliphatic heterocycles. The fourth-order valence-corrected chi connectivity index (χ4v) is 2.31. The van der Waals surface area contributed by atoms with Gasteiger partial charge in [0, 0.05) is 6.04 Å². The lowest BCUT2D eigenvalue weighted by atomic mass is 10.1. The molecule has 3 rings (SSSR count). The topological polar surface area (TPSA) is 55.6 Å². The van der Waals surface area contributed by atoms with Crippen LogP contribution in [-0.2, 0) is 6.54 Å². The second kappa shape index (κ2) is 4.72. The molecular weight excluding hydrogens is 214 g/mol. The molecule has 0 aromatic carbocycles. The highest BCUT2D eigenvalue weighted by molar-refractivity contribution is 4.90. The van der Waals surface area contributed by atoms with Crippen molar-refractivity contribution in [3.8, 4) is 0 Å². The van der Waals surface area contributed by atoms with Gasteiger partial charge in [0.15, 0.2) is 5.82 Å². The Hall–Kier alpha value is -0.970. The van der Waals surface area contributed by atoms with Crippen molar-refractivity contribution in [1.82, 2.24) is 25.5 Å². The van der Waals surface area contributed by atoms with Crippen molar-refractivity contribution in [3.05, 3.63) is 5.82 Å². The van der Waals surface area contributed by atoms with Crippen LogP contribution in [0.1, 0.15) is 57.3 Å². The molecule has 0 spiro atoms. The first-order valence-electron chi connectivity index (χ1n) is 6.87. The quantitative estimate of drug-likeness (QED) is 0.781. The predicted molar refractivity (Wildman–Crippen MR) is 64.3 cm³/mol. The lowest BCUT2D eigenvalue weighted by Gasteiger charge is -2.16. The average molecular weight is 235 g/mol. The van der Waals surface area contributed by atoms with Gasteiger partial charge in [0.25, 0.3) is 0 Å². The molecule has 1 heterocycles. The molecule has 2 aliphatic carbocycles. The molecule has 2 saturated carbocycles. The van der Waals surface area contributed by atoms with Crippen LogP contribution in [-0.4, -0.2) is 26.2 Å². The smallest absolute Gasteiger partial charge is 0.165 e. The van der Waals surface area contributed by atoms with E-state index in [9.17, 15) is 0 Å². The van der Waals surface area contributed by atoms with Crippen LogP contribution < -0.4 is 5.32 Å². The number of hydrogen-bond acceptors (Lipinski definition) is 4. The summed E-state index contributed by atoms with van der Waals surface area (Å²) in [5, 5.41) is 15.7. The maximum Gasteiger partial charge on any atom is 0.165 e. The van der Waals surface area contributed by atoms with Crippen molar-refractivity contribution in [2.24, 2.45) is 5.92 Å². The van der Waals surface area contributed by atoms with Gasteiger partial charge in [0.2, 0.25) is 0 Å². The third-order valence-corrected chi connectivity index (χ3v) is 3.81. The fourth-order valence-electron chi connectivity index (χ4n) is 2.31. The predicted octanol–water partition coefficient (Wildman–Crippen LogP) is 1.68. The second-order valence-electron chi connectivity index (χ2n) is 5.44. The molecule has 5 heteroatoms. The van der Waals surface area contributed by atoms with E-state index >= 15 is 0 Å². The molecule has 1 unspecified atom stereocenters. The van der Waals surface area contributed by atoms with Crippen LogP contribution in [0.25, 0.3) is 0 Å². The fraction of sp³-hybridized carbons (Fsp3) is 0.917. The lowest BCUT2D eigenvalue weighted by Crippen LogP contribution is -2.21. The molecule has 17 heavy (non-hydrogen) atoms. The molecule has 2 fully saturated rings. The second-order valence-corrected chi connectivity index (χ2v) is 5.44. The first-order valence-corrected chi connectivity index (χ1v) is 6.87. The summed E-state index contributed by atoms with van der Waals surface area (Å²) in [6, 6.07) is 1.21. The minimum absolute atomic E-state index is 0.494. The van der Waals surface area contributed by atoms with Crippen LogP contribution in [0.4, 0.5) is 0 Å². The van der Waals surface area contributed by atoms with Gasteiger partial charge in [-0.1, -0.05) is 19.8 Å². The molecule has 1 aromatic rings. The van der Waals surface area contributed by atoms with E-state index in [-0.39, 0.29) is 0 Å². The van der Waals surface area contributed by atoms with E-state index in [2.05, 4.69) is 27.8 Å². The van der Waals surface area contributed by atoms with Crippen molar-refractivity contribution < 1.29 is 0 Å². The van der Waals surface area contributed by atoms with E-state index in [1.807, 2.05) is 4.68 Å². The van der Waals surface area contributed by atoms with E-state index in [0.717, 1.165) is 24.7 Å². The number of hydrogen-bond donors (Lipinski definition) is 1. The van der Waals surface area contributed by atoms with Crippen LogP contribution in [0.2, 0.25) is 0 Å². The van der Waals surface area contributed by atoms with Gasteiger partial charge in [0.1, 0.15) is 0 Å². The molecule has 0 amide bonds. The third-order valence-electron chi connectivity index (χ3n) is 3.81. The van der Waals surface area contributed by atoms with E-state index in [1.165, 1.54) is 32.1 Å². The number of tetrazole rings is 1. The van der Waals surface area contributed by atoms with Gasteiger partial charge in [-0.25, -0.2) is 4.68 Å². The van der Waals surface area contributed by atoms with Gasteiger partial charge in [0.05, 0.1) is 12.6 Å². The number of aromatic nitrogens is 4. The first-order chi connectivity index (χ1) is 8.36. The van der Waals surface area contributed by atoms with Gasteiger partial charge in [-0.3, -0.25) is 0 Å². The van der Waals surface area contributed by atoms with Crippen molar-refractivity contribution in [1.29, 1.82) is 0 Å². The van der Waals surface area contributed by atoms with Crippen molar-refractivity contribution in [3.63, 3.8) is 0 Å². The van der Waals surface area contributed by atoms with Crippen LogP contribution in [0.5, 0.6) is 0 Å². The number of rotatable bonds is 7. The number of nitrogens with one attached hydrogen (secondary N) is 1. The first kappa shape index (κ1) is 11.1. The highest BCUT2D eigenvalue weighted by Crippen LogP contribution is 2.37. The van der Waals surface area contributed by atoms with Crippen molar-refractivity contribution >= 4 is 0 Å². The summed E-state index contributed by atoms with van der Waals surface area (Å²) in [7, 11) is 0. The van der Waals surface area contributed by atoms with E-state index in [4.69, 9.17) is 0 Å². The summed E-state index contributed by atoms with van der Waals surface area (Å²) in [5.74, 6) is 1.93. The molecular formula is C12H21N5. The van der Waals surface area contributed by atoms with Crippen molar-refractivity contribution in [2.45, 2.75) is 64.1 Å². The summed E-state index contributed by atoms with van der Waals surface area (Å²) in [4.78, 5) is 0. The maximum absolute atomic E-state index is 4.18. The Morgan fingerprint density at radius 2 is 2.18 bits per heavy atom. The monoisotopic (exact) mass is 235 g/mol. The Morgan fingerprint density at radius 1 is 1.35 bits per heavy atom. The maximum atomic E-state index is 4.18. The van der Waals surface area contributed by atoms with Crippen LogP contribution in [0.3, 0.4) is 0 Å². The zero-order valence-corrected chi connectivity index (χ0v) is 10.5. The van der Waals surface area contributed by atoms with Crippen molar-refractivity contribution in [2.75, 3.05) is 0 Å². The minimum Gasteiger partial charge on any atom is -0.307 e. The summed E-state index contributed by atoms with van der Waals surface area (Å²) in [6.45, 7) is 3.05. The lowest BCUT2D eigenvalue weighted by molar-refractivity contribution is 0.370. The van der Waals surface area contributed by atoms with E-state index in [1.54, 1.807) is 0 Å². The van der Waals surface area contributed by atoms with Gasteiger partial charge >= 0.3 is 0 Å². The Bertz CT molecular complexity index is 367. The Morgan fingerprint density at radius 3 is 2.82 bits per heavy atom. The Kier molecular flexibility index (Phi) is 3.09. The highest BCUT2D eigenvalue weighted by Gasteiger charge is 2.28. The highest BCUT2D eigenvalue weighted by atomic mass is 15.6. The SMILES string of the molecule is CCC(CC1CC1)n1nnnc1CNC1CC1. The van der Waals surface area contributed by atoms with Crippen LogP contribution >= 0.6 is 0 Å². The molecule has 1 atom stereocenters. The van der Waals surface area contributed by atoms with Gasteiger partial charge < -0.3 is 5.32 Å². The Labute approximate surface area is 102 Å². The zero-order chi connectivity index (χ0) is 11.7. The van der Waals surface area contributed by atoms with Gasteiger partial charge in [-0.2, -0.15) is 0 Å². The summed E-state index contributed by atoms with van der Waals surface area (Å²) >= 11 is 0. The minimum atomic E-state index is 0.494. The molecule has 1 aromatic heterocycles. The molecule has 94 valence electrons. The third kappa shape index (κ3) is 2.83. The van der Waals surface area contributed by atoms with E-state index < -0.39 is 0 Å². The average Bonchev–Trinajstić information content (AvgIpc) is 3.25. The van der Waals surface area contributed by atoms with Gasteiger partial charge in [-0.05, 0) is 42.0 Å². The largest absolute Gasteiger partial charge is 0.307 e. The van der Waals surface area contributed by atoms with Crippen LogP contribution in [0.15, 0.2) is 0 Å². The van der Waals surface area contributed by atoms with Gasteiger partial charge in [-0.15, -0.1) is 5.10 Å². The molecule has 5 nitrogen and oxygen atoms in total. The molecule has 1 N–H and O–H groups in total. The summed E-state index contributed by atoms with van der Waals surface area (Å²) in [5.41, 5.74) is 0. The Balaban J connectivity index is 1.63. The van der Waals surface area contributed by atoms with E-state index in [0.29, 0.717) is 12.1 Å². The summed E-state index contributed by atoms with van der Waals surface area (Å²) in [6.07, 6.45) is 7.78. The normalized spacial score (nSPS) is 21.7. The summed E-state index contributed by atoms with van der Waals surface area (Å²) < 4.78 is 2.05. The number of nitrogens with zero attached hydrogens (tertiary/aromatic N) is 4. The zero-order valence-electron chi connectivity index (χ0n) is 10.5. The molecule has 0 saturated heterocycles. The molecule has 0 bridgehead atoms. The van der Waals surface area contributed by atoms with Crippen LogP contribution in [0, 0.1) is 5.92 Å².